The maximum atomic E-state index is 11.9. The molecule has 1 saturated heterocycles. The van der Waals surface area contributed by atoms with E-state index in [9.17, 15) is 4.79 Å². The molecule has 1 heterocycles. The summed E-state index contributed by atoms with van der Waals surface area (Å²) >= 11 is 4.80. The SMILES string of the molecule is CC(C)(C)OC(=O)N1CCC[C@@H](NC(N)=S)C1. The smallest absolute Gasteiger partial charge is 0.410 e. The maximum absolute atomic E-state index is 11.9. The van der Waals surface area contributed by atoms with Gasteiger partial charge in [0.15, 0.2) is 5.11 Å². The average molecular weight is 259 g/mol. The Morgan fingerprint density at radius 1 is 1.53 bits per heavy atom. The molecule has 1 aliphatic rings. The summed E-state index contributed by atoms with van der Waals surface area (Å²) in [6.45, 7) is 6.90. The lowest BCUT2D eigenvalue weighted by atomic mass is 10.1. The number of carbonyl (C=O) groups is 1. The van der Waals surface area contributed by atoms with Crippen molar-refractivity contribution in [3.05, 3.63) is 0 Å². The number of ether oxygens (including phenoxy) is 1. The number of amides is 1. The molecule has 1 amide bonds. The zero-order valence-electron chi connectivity index (χ0n) is 10.7. The van der Waals surface area contributed by atoms with Gasteiger partial charge < -0.3 is 20.7 Å². The molecule has 0 bridgehead atoms. The molecule has 0 aromatic rings. The Hall–Kier alpha value is -1.04. The van der Waals surface area contributed by atoms with E-state index in [-0.39, 0.29) is 17.2 Å². The number of rotatable bonds is 1. The highest BCUT2D eigenvalue weighted by atomic mass is 32.1. The summed E-state index contributed by atoms with van der Waals surface area (Å²) < 4.78 is 5.33. The Bertz CT molecular complexity index is 302. The first-order chi connectivity index (χ1) is 7.78. The lowest BCUT2D eigenvalue weighted by Crippen LogP contribution is -2.51. The van der Waals surface area contributed by atoms with Crippen LogP contribution >= 0.6 is 12.2 Å². The molecule has 0 aromatic heterocycles. The standard InChI is InChI=1S/C11H21N3O2S/c1-11(2,3)16-10(15)14-6-4-5-8(7-14)13-9(12)17/h8H,4-7H2,1-3H3,(H3,12,13,17)/t8-/m1/s1. The number of carbonyl (C=O) groups excluding carboxylic acids is 1. The molecule has 1 fully saturated rings. The van der Waals surface area contributed by atoms with E-state index in [0.29, 0.717) is 6.54 Å². The second kappa shape index (κ2) is 5.53. The Morgan fingerprint density at radius 2 is 2.18 bits per heavy atom. The molecule has 1 atom stereocenters. The first-order valence-corrected chi connectivity index (χ1v) is 6.22. The third-order valence-corrected chi connectivity index (χ3v) is 2.54. The van der Waals surface area contributed by atoms with Gasteiger partial charge in [0.05, 0.1) is 0 Å². The van der Waals surface area contributed by atoms with Gasteiger partial charge in [-0.25, -0.2) is 4.79 Å². The van der Waals surface area contributed by atoms with Gasteiger partial charge in [-0.05, 0) is 45.8 Å². The lowest BCUT2D eigenvalue weighted by molar-refractivity contribution is 0.0194. The third kappa shape index (κ3) is 5.21. The van der Waals surface area contributed by atoms with Crippen LogP contribution in [0.25, 0.3) is 0 Å². The van der Waals surface area contributed by atoms with E-state index in [2.05, 4.69) is 5.32 Å². The summed E-state index contributed by atoms with van der Waals surface area (Å²) in [6.07, 6.45) is 1.63. The van der Waals surface area contributed by atoms with Gasteiger partial charge in [0.1, 0.15) is 5.60 Å². The predicted octanol–water partition coefficient (Wildman–Crippen LogP) is 1.22. The van der Waals surface area contributed by atoms with Crippen LogP contribution in [0.4, 0.5) is 4.79 Å². The molecule has 0 saturated carbocycles. The van der Waals surface area contributed by atoms with Gasteiger partial charge in [-0.3, -0.25) is 0 Å². The van der Waals surface area contributed by atoms with E-state index in [1.807, 2.05) is 20.8 Å². The lowest BCUT2D eigenvalue weighted by Gasteiger charge is -2.34. The molecule has 1 rings (SSSR count). The van der Waals surface area contributed by atoms with E-state index in [1.54, 1.807) is 4.90 Å². The minimum Gasteiger partial charge on any atom is -0.444 e. The van der Waals surface area contributed by atoms with E-state index in [4.69, 9.17) is 22.7 Å². The molecule has 0 unspecified atom stereocenters. The molecule has 98 valence electrons. The highest BCUT2D eigenvalue weighted by molar-refractivity contribution is 7.80. The fourth-order valence-electron chi connectivity index (χ4n) is 1.79. The van der Waals surface area contributed by atoms with E-state index in [0.717, 1.165) is 19.4 Å². The zero-order chi connectivity index (χ0) is 13.1. The molecule has 17 heavy (non-hydrogen) atoms. The molecule has 0 radical (unpaired) electrons. The topological polar surface area (TPSA) is 67.6 Å². The van der Waals surface area contributed by atoms with Crippen molar-refractivity contribution in [2.24, 2.45) is 5.73 Å². The second-order valence-electron chi connectivity index (χ2n) is 5.27. The summed E-state index contributed by atoms with van der Waals surface area (Å²) in [4.78, 5) is 13.6. The minimum absolute atomic E-state index is 0.133. The van der Waals surface area contributed by atoms with Crippen LogP contribution in [0.3, 0.4) is 0 Å². The van der Waals surface area contributed by atoms with Crippen LogP contribution in [0, 0.1) is 0 Å². The highest BCUT2D eigenvalue weighted by Gasteiger charge is 2.27. The van der Waals surface area contributed by atoms with Gasteiger partial charge in [0.25, 0.3) is 0 Å². The first-order valence-electron chi connectivity index (χ1n) is 5.82. The van der Waals surface area contributed by atoms with Gasteiger partial charge in [0.2, 0.25) is 0 Å². The molecule has 0 aromatic carbocycles. The number of hydrogen-bond donors (Lipinski definition) is 2. The quantitative estimate of drug-likeness (QED) is 0.693. The first kappa shape index (κ1) is 14.0. The number of nitrogens with zero attached hydrogens (tertiary/aromatic N) is 1. The van der Waals surface area contributed by atoms with Crippen molar-refractivity contribution in [3.8, 4) is 0 Å². The van der Waals surface area contributed by atoms with Crippen molar-refractivity contribution >= 4 is 23.4 Å². The highest BCUT2D eigenvalue weighted by Crippen LogP contribution is 2.15. The van der Waals surface area contributed by atoms with Gasteiger partial charge in [-0.1, -0.05) is 0 Å². The monoisotopic (exact) mass is 259 g/mol. The fraction of sp³-hybridized carbons (Fsp3) is 0.818. The number of hydrogen-bond acceptors (Lipinski definition) is 3. The van der Waals surface area contributed by atoms with E-state index < -0.39 is 5.60 Å². The number of thiocarbonyl (C=S) groups is 1. The van der Waals surface area contributed by atoms with Crippen molar-refractivity contribution in [1.82, 2.24) is 10.2 Å². The summed E-state index contributed by atoms with van der Waals surface area (Å²) in [5.74, 6) is 0. The van der Waals surface area contributed by atoms with Crippen molar-refractivity contribution < 1.29 is 9.53 Å². The summed E-state index contributed by atoms with van der Waals surface area (Å²) in [5.41, 5.74) is 4.97. The Kier molecular flexibility index (Phi) is 4.56. The van der Waals surface area contributed by atoms with Crippen LogP contribution in [0.15, 0.2) is 0 Å². The normalized spacial score (nSPS) is 20.9. The molecule has 3 N–H and O–H groups in total. The largest absolute Gasteiger partial charge is 0.444 e. The van der Waals surface area contributed by atoms with Gasteiger partial charge in [0, 0.05) is 19.1 Å². The van der Waals surface area contributed by atoms with E-state index in [1.165, 1.54) is 0 Å². The summed E-state index contributed by atoms with van der Waals surface area (Å²) in [7, 11) is 0. The van der Waals surface area contributed by atoms with Crippen LogP contribution in [-0.4, -0.2) is 40.8 Å². The molecule has 6 heteroatoms. The fourth-order valence-corrected chi connectivity index (χ4v) is 1.96. The number of nitrogens with two attached hydrogens (primary N) is 1. The van der Waals surface area contributed by atoms with Crippen LogP contribution in [0.1, 0.15) is 33.6 Å². The molecular weight excluding hydrogens is 238 g/mol. The van der Waals surface area contributed by atoms with Crippen LogP contribution in [-0.2, 0) is 4.74 Å². The second-order valence-corrected chi connectivity index (χ2v) is 5.71. The summed E-state index contributed by atoms with van der Waals surface area (Å²) in [6, 6.07) is 0.133. The molecule has 5 nitrogen and oxygen atoms in total. The number of nitrogens with one attached hydrogen (secondary N) is 1. The molecule has 0 aliphatic carbocycles. The Labute approximate surface area is 108 Å². The van der Waals surface area contributed by atoms with Crippen molar-refractivity contribution in [3.63, 3.8) is 0 Å². The zero-order valence-corrected chi connectivity index (χ0v) is 11.5. The van der Waals surface area contributed by atoms with Gasteiger partial charge >= 0.3 is 6.09 Å². The molecular formula is C11H21N3O2S. The van der Waals surface area contributed by atoms with Crippen molar-refractivity contribution in [2.75, 3.05) is 13.1 Å². The van der Waals surface area contributed by atoms with Gasteiger partial charge in [-0.15, -0.1) is 0 Å². The minimum atomic E-state index is -0.458. The number of piperidine rings is 1. The van der Waals surface area contributed by atoms with Crippen molar-refractivity contribution in [2.45, 2.75) is 45.3 Å². The van der Waals surface area contributed by atoms with Crippen LogP contribution in [0.5, 0.6) is 0 Å². The summed E-state index contributed by atoms with van der Waals surface area (Å²) in [5, 5.41) is 3.27. The Morgan fingerprint density at radius 3 is 2.71 bits per heavy atom. The predicted molar refractivity (Wildman–Crippen MR) is 70.8 cm³/mol. The van der Waals surface area contributed by atoms with E-state index >= 15 is 0 Å². The average Bonchev–Trinajstić information content (AvgIpc) is 2.14. The van der Waals surface area contributed by atoms with Crippen LogP contribution < -0.4 is 11.1 Å². The number of likely N-dealkylation sites (tertiary alicyclic amines) is 1. The molecule has 1 aliphatic heterocycles. The van der Waals surface area contributed by atoms with Gasteiger partial charge in [-0.2, -0.15) is 0 Å². The van der Waals surface area contributed by atoms with Crippen molar-refractivity contribution in [1.29, 1.82) is 0 Å². The molecule has 0 spiro atoms. The Balaban J connectivity index is 2.49. The van der Waals surface area contributed by atoms with Crippen LogP contribution in [0.2, 0.25) is 0 Å². The maximum Gasteiger partial charge on any atom is 0.410 e. The third-order valence-electron chi connectivity index (χ3n) is 2.42.